The molecule has 0 saturated carbocycles. The van der Waals surface area contributed by atoms with Gasteiger partial charge in [0, 0.05) is 12.6 Å². The molecular formula is C15H20N2O4. The number of hydrogen-bond donors (Lipinski definition) is 2. The van der Waals surface area contributed by atoms with Crippen molar-refractivity contribution in [3.63, 3.8) is 0 Å². The predicted molar refractivity (Wildman–Crippen MR) is 76.7 cm³/mol. The molecule has 0 spiro atoms. The number of hydrogen-bond acceptors (Lipinski definition) is 5. The maximum Gasteiger partial charge on any atom is 0.417 e. The minimum Gasteiger partial charge on any atom is -0.508 e. The van der Waals surface area contributed by atoms with Crippen LogP contribution in [-0.4, -0.2) is 40.7 Å². The van der Waals surface area contributed by atoms with Crippen LogP contribution in [0.1, 0.15) is 25.3 Å². The molecule has 114 valence electrons. The van der Waals surface area contributed by atoms with Gasteiger partial charge in [0.15, 0.2) is 0 Å². The second-order valence-corrected chi connectivity index (χ2v) is 5.35. The average Bonchev–Trinajstić information content (AvgIpc) is 2.87. The van der Waals surface area contributed by atoms with Crippen LogP contribution in [0.2, 0.25) is 0 Å². The molecule has 1 saturated heterocycles. The van der Waals surface area contributed by atoms with Crippen LogP contribution in [0.15, 0.2) is 24.3 Å². The standard InChI is InChI=1S/C15H20N2O4/c1-10-3-2-8-17(10)15(20)21-14(19)13(16)9-11-4-6-12(18)7-5-11/h4-7,10,13,18H,2-3,8-9,16H2,1H3/t10-,13+/m1/s1. The van der Waals surface area contributed by atoms with E-state index in [4.69, 9.17) is 10.5 Å². The molecule has 2 rings (SSSR count). The Balaban J connectivity index is 1.87. The fourth-order valence-corrected chi connectivity index (χ4v) is 2.39. The molecule has 1 aliphatic rings. The van der Waals surface area contributed by atoms with Crippen molar-refractivity contribution in [1.29, 1.82) is 0 Å². The van der Waals surface area contributed by atoms with Gasteiger partial charge >= 0.3 is 12.1 Å². The highest BCUT2D eigenvalue weighted by Gasteiger charge is 2.29. The first-order valence-corrected chi connectivity index (χ1v) is 7.03. The number of rotatable bonds is 3. The van der Waals surface area contributed by atoms with Gasteiger partial charge in [-0.15, -0.1) is 0 Å². The van der Waals surface area contributed by atoms with E-state index in [2.05, 4.69) is 0 Å². The fourth-order valence-electron chi connectivity index (χ4n) is 2.39. The van der Waals surface area contributed by atoms with E-state index in [1.807, 2.05) is 6.92 Å². The van der Waals surface area contributed by atoms with Crippen LogP contribution in [-0.2, 0) is 16.0 Å². The zero-order valence-electron chi connectivity index (χ0n) is 12.0. The van der Waals surface area contributed by atoms with Crippen molar-refractivity contribution in [2.75, 3.05) is 6.54 Å². The van der Waals surface area contributed by atoms with E-state index in [-0.39, 0.29) is 18.2 Å². The SMILES string of the molecule is C[C@@H]1CCCN1C(=O)OC(=O)[C@@H](N)Cc1ccc(O)cc1. The topological polar surface area (TPSA) is 92.9 Å². The number of nitrogens with two attached hydrogens (primary N) is 1. The van der Waals surface area contributed by atoms with Crippen molar-refractivity contribution >= 4 is 12.1 Å². The molecule has 1 aliphatic heterocycles. The zero-order chi connectivity index (χ0) is 15.4. The summed E-state index contributed by atoms with van der Waals surface area (Å²) in [6.07, 6.45) is 1.47. The second-order valence-electron chi connectivity index (χ2n) is 5.35. The molecule has 6 nitrogen and oxygen atoms in total. The summed E-state index contributed by atoms with van der Waals surface area (Å²) in [5.41, 5.74) is 6.55. The van der Waals surface area contributed by atoms with Crippen LogP contribution in [0.4, 0.5) is 4.79 Å². The minimum absolute atomic E-state index is 0.0959. The summed E-state index contributed by atoms with van der Waals surface area (Å²) < 4.78 is 4.84. The highest BCUT2D eigenvalue weighted by molar-refractivity contribution is 5.88. The molecule has 0 bridgehead atoms. The van der Waals surface area contributed by atoms with Crippen LogP contribution in [0.25, 0.3) is 0 Å². The minimum atomic E-state index is -0.906. The number of phenols is 1. The van der Waals surface area contributed by atoms with E-state index in [0.29, 0.717) is 6.54 Å². The summed E-state index contributed by atoms with van der Waals surface area (Å²) in [6.45, 7) is 2.54. The molecule has 0 aliphatic carbocycles. The summed E-state index contributed by atoms with van der Waals surface area (Å²) in [7, 11) is 0. The van der Waals surface area contributed by atoms with Gasteiger partial charge in [0.1, 0.15) is 11.8 Å². The average molecular weight is 292 g/mol. The third-order valence-corrected chi connectivity index (χ3v) is 3.67. The number of carbonyl (C=O) groups excluding carboxylic acids is 2. The molecule has 0 radical (unpaired) electrons. The van der Waals surface area contributed by atoms with E-state index < -0.39 is 18.1 Å². The van der Waals surface area contributed by atoms with Gasteiger partial charge in [-0.25, -0.2) is 9.59 Å². The lowest BCUT2D eigenvalue weighted by Gasteiger charge is -2.20. The predicted octanol–water partition coefficient (Wildman–Crippen LogP) is 1.41. The summed E-state index contributed by atoms with van der Waals surface area (Å²) in [5, 5.41) is 9.19. The third-order valence-electron chi connectivity index (χ3n) is 3.67. The van der Waals surface area contributed by atoms with Gasteiger partial charge in [-0.3, -0.25) is 0 Å². The number of benzene rings is 1. The largest absolute Gasteiger partial charge is 0.508 e. The first-order valence-electron chi connectivity index (χ1n) is 7.03. The number of amides is 1. The lowest BCUT2D eigenvalue weighted by atomic mass is 10.1. The van der Waals surface area contributed by atoms with E-state index in [1.165, 1.54) is 12.1 Å². The van der Waals surface area contributed by atoms with Gasteiger partial charge in [-0.1, -0.05) is 12.1 Å². The first kappa shape index (κ1) is 15.3. The molecule has 1 heterocycles. The van der Waals surface area contributed by atoms with Gasteiger partial charge in [-0.05, 0) is 43.9 Å². The number of carbonyl (C=O) groups is 2. The summed E-state index contributed by atoms with van der Waals surface area (Å²) >= 11 is 0. The molecular weight excluding hydrogens is 272 g/mol. The maximum atomic E-state index is 11.9. The van der Waals surface area contributed by atoms with Gasteiger partial charge in [0.25, 0.3) is 0 Å². The van der Waals surface area contributed by atoms with Crippen molar-refractivity contribution in [3.05, 3.63) is 29.8 Å². The molecule has 0 aromatic heterocycles. The van der Waals surface area contributed by atoms with Crippen molar-refractivity contribution in [3.8, 4) is 5.75 Å². The molecule has 1 aromatic rings. The monoisotopic (exact) mass is 292 g/mol. The zero-order valence-corrected chi connectivity index (χ0v) is 12.0. The van der Waals surface area contributed by atoms with Gasteiger partial charge in [-0.2, -0.15) is 0 Å². The highest BCUT2D eigenvalue weighted by Crippen LogP contribution is 2.17. The Morgan fingerprint density at radius 1 is 1.43 bits per heavy atom. The molecule has 6 heteroatoms. The molecule has 1 aromatic carbocycles. The molecule has 1 fully saturated rings. The Morgan fingerprint density at radius 2 is 2.10 bits per heavy atom. The number of nitrogens with zero attached hydrogens (tertiary/aromatic N) is 1. The lowest BCUT2D eigenvalue weighted by molar-refractivity contribution is -0.139. The smallest absolute Gasteiger partial charge is 0.417 e. The number of ether oxygens (including phenoxy) is 1. The van der Waals surface area contributed by atoms with Crippen LogP contribution in [0.5, 0.6) is 5.75 Å². The molecule has 3 N–H and O–H groups in total. The van der Waals surface area contributed by atoms with E-state index in [0.717, 1.165) is 18.4 Å². The van der Waals surface area contributed by atoms with Crippen molar-refractivity contribution < 1.29 is 19.4 Å². The van der Waals surface area contributed by atoms with Gasteiger partial charge in [0.05, 0.1) is 0 Å². The molecule has 1 amide bonds. The highest BCUT2D eigenvalue weighted by atomic mass is 16.6. The van der Waals surface area contributed by atoms with E-state index in [9.17, 15) is 14.7 Å². The van der Waals surface area contributed by atoms with Crippen molar-refractivity contribution in [2.24, 2.45) is 5.73 Å². The lowest BCUT2D eigenvalue weighted by Crippen LogP contribution is -2.41. The summed E-state index contributed by atoms with van der Waals surface area (Å²) in [5.74, 6) is -0.583. The molecule has 2 atom stereocenters. The Kier molecular flexibility index (Phi) is 4.80. The summed E-state index contributed by atoms with van der Waals surface area (Å²) in [4.78, 5) is 25.3. The number of likely N-dealkylation sites (tertiary alicyclic amines) is 1. The van der Waals surface area contributed by atoms with Crippen LogP contribution < -0.4 is 5.73 Å². The Labute approximate surface area is 123 Å². The number of esters is 1. The summed E-state index contributed by atoms with van der Waals surface area (Å²) in [6, 6.07) is 5.57. The Hall–Kier alpha value is -2.08. The van der Waals surface area contributed by atoms with Crippen LogP contribution in [0, 0.1) is 0 Å². The quantitative estimate of drug-likeness (QED) is 0.649. The first-order chi connectivity index (χ1) is 9.97. The van der Waals surface area contributed by atoms with Crippen LogP contribution in [0.3, 0.4) is 0 Å². The van der Waals surface area contributed by atoms with Crippen molar-refractivity contribution in [1.82, 2.24) is 4.90 Å². The normalized spacial score (nSPS) is 19.3. The van der Waals surface area contributed by atoms with Gasteiger partial charge < -0.3 is 20.5 Å². The Morgan fingerprint density at radius 3 is 2.67 bits per heavy atom. The molecule has 21 heavy (non-hydrogen) atoms. The fraction of sp³-hybridized carbons (Fsp3) is 0.467. The molecule has 0 unspecified atom stereocenters. The third kappa shape index (κ3) is 3.95. The van der Waals surface area contributed by atoms with Gasteiger partial charge in [0.2, 0.25) is 0 Å². The number of phenolic OH excluding ortho intramolecular Hbond substituents is 1. The second kappa shape index (κ2) is 6.58. The maximum absolute atomic E-state index is 11.9. The van der Waals surface area contributed by atoms with Crippen LogP contribution >= 0.6 is 0 Å². The number of aromatic hydroxyl groups is 1. The van der Waals surface area contributed by atoms with Crippen molar-refractivity contribution in [2.45, 2.75) is 38.3 Å². The van der Waals surface area contributed by atoms with E-state index in [1.54, 1.807) is 17.0 Å². The van der Waals surface area contributed by atoms with E-state index >= 15 is 0 Å². The Bertz CT molecular complexity index is 515.